The maximum absolute atomic E-state index is 12.7. The molecule has 2 fully saturated rings. The van der Waals surface area contributed by atoms with Gasteiger partial charge in [0.15, 0.2) is 5.66 Å². The van der Waals surface area contributed by atoms with Crippen LogP contribution < -0.4 is 10.6 Å². The Bertz CT molecular complexity index is 1150. The Morgan fingerprint density at radius 3 is 2.88 bits per heavy atom. The van der Waals surface area contributed by atoms with E-state index in [9.17, 15) is 9.18 Å². The average Bonchev–Trinajstić information content (AvgIpc) is 2.97. The number of aryl methyl sites for hydroxylation is 1. The zero-order chi connectivity index (χ0) is 23.7. The number of ketones is 1. The van der Waals surface area contributed by atoms with Crippen LogP contribution in [-0.4, -0.2) is 59.8 Å². The molecule has 9 heteroatoms. The third kappa shape index (κ3) is 4.44. The number of carbonyl (C=O) groups is 1. The quantitative estimate of drug-likeness (QED) is 0.678. The second-order valence-corrected chi connectivity index (χ2v) is 9.61. The van der Waals surface area contributed by atoms with Gasteiger partial charge in [0.05, 0.1) is 11.4 Å². The number of Topliss-reactive ketones (excluding diaryl/α,β-unsaturated/α-hetero) is 1. The normalized spacial score (nSPS) is 25.2. The van der Waals surface area contributed by atoms with Crippen molar-refractivity contribution >= 4 is 35.2 Å². The van der Waals surface area contributed by atoms with Gasteiger partial charge < -0.3 is 15.5 Å². The molecule has 178 valence electrons. The van der Waals surface area contributed by atoms with Crippen LogP contribution in [0.25, 0.3) is 0 Å². The molecule has 1 atom stereocenters. The van der Waals surface area contributed by atoms with Gasteiger partial charge in [-0.3, -0.25) is 14.8 Å². The third-order valence-corrected chi connectivity index (χ3v) is 7.19. The summed E-state index contributed by atoms with van der Waals surface area (Å²) < 4.78 is 12.7. The Balaban J connectivity index is 1.40. The van der Waals surface area contributed by atoms with Crippen LogP contribution in [0, 0.1) is 6.92 Å². The van der Waals surface area contributed by atoms with Gasteiger partial charge in [0.1, 0.15) is 12.5 Å². The molecule has 1 unspecified atom stereocenters. The minimum Gasteiger partial charge on any atom is -0.332 e. The van der Waals surface area contributed by atoms with E-state index >= 15 is 0 Å². The Kier molecular flexibility index (Phi) is 6.36. The number of piperidine rings is 1. The Labute approximate surface area is 203 Å². The molecule has 1 saturated carbocycles. The van der Waals surface area contributed by atoms with E-state index in [1.807, 2.05) is 19.3 Å². The number of carbonyl (C=O) groups excluding carboxylic acids is 1. The van der Waals surface area contributed by atoms with Crippen molar-refractivity contribution in [1.82, 2.24) is 15.2 Å². The highest BCUT2D eigenvalue weighted by molar-refractivity contribution is 6.32. The first kappa shape index (κ1) is 22.9. The van der Waals surface area contributed by atoms with Crippen LogP contribution in [0.2, 0.25) is 0 Å². The summed E-state index contributed by atoms with van der Waals surface area (Å²) in [5.74, 6) is 1.06. The smallest absolute Gasteiger partial charge is 0.202 e. The van der Waals surface area contributed by atoms with E-state index in [0.29, 0.717) is 29.9 Å². The molecular weight excluding hydrogens is 455 g/mol. The first-order valence-corrected chi connectivity index (χ1v) is 12.1. The van der Waals surface area contributed by atoms with Crippen LogP contribution in [0.15, 0.2) is 56.8 Å². The summed E-state index contributed by atoms with van der Waals surface area (Å²) in [5.41, 5.74) is 3.52. The molecule has 4 aliphatic rings. The van der Waals surface area contributed by atoms with Gasteiger partial charge in [0.2, 0.25) is 5.96 Å². The lowest BCUT2D eigenvalue weighted by atomic mass is 9.79. The SMILES string of the molecule is Cc1ncc(C2CCN(CCF)CC2)cc1NC1=NC23N=CC=C(Cl)C=C2CC(=O)CC3=CN1. The molecule has 0 radical (unpaired) electrons. The summed E-state index contributed by atoms with van der Waals surface area (Å²) in [6.45, 7) is 3.97. The number of aliphatic imine (C=N–C) groups is 2. The Hall–Kier alpha value is -2.84. The number of likely N-dealkylation sites (tertiary alicyclic amines) is 1. The van der Waals surface area contributed by atoms with Gasteiger partial charge in [0.25, 0.3) is 0 Å². The highest BCUT2D eigenvalue weighted by atomic mass is 35.5. The van der Waals surface area contributed by atoms with Crippen molar-refractivity contribution in [2.45, 2.75) is 44.2 Å². The van der Waals surface area contributed by atoms with Crippen molar-refractivity contribution in [3.8, 4) is 0 Å². The molecule has 1 aliphatic carbocycles. The lowest BCUT2D eigenvalue weighted by molar-refractivity contribution is -0.118. The molecule has 0 amide bonds. The predicted molar refractivity (Wildman–Crippen MR) is 133 cm³/mol. The van der Waals surface area contributed by atoms with Crippen LogP contribution in [0.1, 0.15) is 42.9 Å². The summed E-state index contributed by atoms with van der Waals surface area (Å²) in [7, 11) is 0. The van der Waals surface area contributed by atoms with Crippen LogP contribution in [-0.2, 0) is 4.79 Å². The zero-order valence-electron chi connectivity index (χ0n) is 19.2. The second kappa shape index (κ2) is 9.43. The van der Waals surface area contributed by atoms with Crippen molar-refractivity contribution in [3.63, 3.8) is 0 Å². The number of nitrogens with one attached hydrogen (secondary N) is 2. The van der Waals surface area contributed by atoms with Crippen LogP contribution in [0.5, 0.6) is 0 Å². The van der Waals surface area contributed by atoms with E-state index in [0.717, 1.165) is 48.5 Å². The largest absolute Gasteiger partial charge is 0.332 e. The molecular formula is C25H28ClFN6O. The number of allylic oxidation sites excluding steroid dienone is 3. The summed E-state index contributed by atoms with van der Waals surface area (Å²) >= 11 is 6.27. The van der Waals surface area contributed by atoms with Crippen molar-refractivity contribution in [2.24, 2.45) is 9.98 Å². The number of pyridine rings is 1. The summed E-state index contributed by atoms with van der Waals surface area (Å²) in [6, 6.07) is 2.13. The zero-order valence-corrected chi connectivity index (χ0v) is 19.9. The van der Waals surface area contributed by atoms with Gasteiger partial charge in [-0.2, -0.15) is 0 Å². The second-order valence-electron chi connectivity index (χ2n) is 9.17. The lowest BCUT2D eigenvalue weighted by Gasteiger charge is -2.37. The van der Waals surface area contributed by atoms with Crippen LogP contribution >= 0.6 is 11.6 Å². The predicted octanol–water partition coefficient (Wildman–Crippen LogP) is 3.99. The number of halogens is 2. The first-order valence-electron chi connectivity index (χ1n) is 11.7. The van der Waals surface area contributed by atoms with Crippen molar-refractivity contribution in [1.29, 1.82) is 0 Å². The molecule has 5 rings (SSSR count). The molecule has 34 heavy (non-hydrogen) atoms. The first-order chi connectivity index (χ1) is 16.5. The molecule has 3 aliphatic heterocycles. The lowest BCUT2D eigenvalue weighted by Crippen LogP contribution is -2.44. The van der Waals surface area contributed by atoms with Crippen molar-refractivity contribution < 1.29 is 9.18 Å². The maximum Gasteiger partial charge on any atom is 0.202 e. The molecule has 1 aromatic rings. The topological polar surface area (TPSA) is 82.0 Å². The van der Waals surface area contributed by atoms with Gasteiger partial charge in [-0.05, 0) is 68.1 Å². The summed E-state index contributed by atoms with van der Waals surface area (Å²) in [5, 5.41) is 7.12. The Morgan fingerprint density at radius 2 is 2.09 bits per heavy atom. The van der Waals surface area contributed by atoms with E-state index in [1.54, 1.807) is 18.4 Å². The van der Waals surface area contributed by atoms with E-state index in [1.165, 1.54) is 5.56 Å². The van der Waals surface area contributed by atoms with E-state index in [2.05, 4.69) is 26.6 Å². The number of alkyl halides is 1. The molecule has 1 saturated heterocycles. The van der Waals surface area contributed by atoms with E-state index < -0.39 is 5.66 Å². The summed E-state index contributed by atoms with van der Waals surface area (Å²) in [6.07, 6.45) is 11.5. The number of rotatable bonds is 4. The van der Waals surface area contributed by atoms with E-state index in [-0.39, 0.29) is 18.9 Å². The molecule has 4 heterocycles. The van der Waals surface area contributed by atoms with Crippen LogP contribution in [0.4, 0.5) is 10.1 Å². The highest BCUT2D eigenvalue weighted by Gasteiger charge is 2.45. The number of nitrogens with zero attached hydrogens (tertiary/aromatic N) is 4. The maximum atomic E-state index is 12.7. The summed E-state index contributed by atoms with van der Waals surface area (Å²) in [4.78, 5) is 28.8. The fourth-order valence-electron chi connectivity index (χ4n) is 5.06. The van der Waals surface area contributed by atoms with Gasteiger partial charge in [0, 0.05) is 48.6 Å². The molecule has 1 aromatic heterocycles. The van der Waals surface area contributed by atoms with Gasteiger partial charge in [-0.25, -0.2) is 9.38 Å². The minimum atomic E-state index is -0.961. The van der Waals surface area contributed by atoms with Crippen LogP contribution in [0.3, 0.4) is 0 Å². The number of hydrogen-bond acceptors (Lipinski definition) is 7. The molecule has 7 nitrogen and oxygen atoms in total. The van der Waals surface area contributed by atoms with Crippen molar-refractivity contribution in [3.05, 3.63) is 58.1 Å². The standard InChI is InChI=1S/C25H28ClFN6O/c1-16-23(10-18(14-28-16)17-3-7-33(8-4-17)9-5-27)31-24-29-15-20-13-22(34)12-19-11-21(26)2-6-30-25(19,20)32-24/h2,6,10-11,14-15,17H,3-5,7-9,12-13H2,1H3,(H2,29,31,32). The van der Waals surface area contributed by atoms with Gasteiger partial charge >= 0.3 is 0 Å². The van der Waals surface area contributed by atoms with Crippen molar-refractivity contribution in [2.75, 3.05) is 31.6 Å². The average molecular weight is 483 g/mol. The number of hydrogen-bond donors (Lipinski definition) is 2. The molecule has 2 N–H and O–H groups in total. The van der Waals surface area contributed by atoms with Gasteiger partial charge in [-0.15, -0.1) is 0 Å². The monoisotopic (exact) mass is 482 g/mol. The highest BCUT2D eigenvalue weighted by Crippen LogP contribution is 2.43. The Morgan fingerprint density at radius 1 is 1.29 bits per heavy atom. The third-order valence-electron chi connectivity index (χ3n) is 6.96. The fourth-order valence-corrected chi connectivity index (χ4v) is 5.25. The molecule has 0 bridgehead atoms. The van der Waals surface area contributed by atoms with Gasteiger partial charge in [-0.1, -0.05) is 11.6 Å². The van der Waals surface area contributed by atoms with E-state index in [4.69, 9.17) is 21.6 Å². The number of anilines is 1. The molecule has 0 aromatic carbocycles. The molecule has 1 spiro atoms. The fraction of sp³-hybridized carbons (Fsp3) is 0.440. The number of guanidine groups is 1. The number of aromatic nitrogens is 1. The minimum absolute atomic E-state index is 0.119.